The molecule has 16 heavy (non-hydrogen) atoms. The monoisotopic (exact) mass is 236 g/mol. The predicted molar refractivity (Wildman–Crippen MR) is 64.3 cm³/mol. The summed E-state index contributed by atoms with van der Waals surface area (Å²) >= 11 is 5.82. The first kappa shape index (κ1) is 11.2. The van der Waals surface area contributed by atoms with Crippen LogP contribution in [0.3, 0.4) is 0 Å². The number of nitrogens with one attached hydrogen (secondary N) is 1. The zero-order valence-electron chi connectivity index (χ0n) is 9.03. The fraction of sp³-hybridized carbons (Fsp3) is 0.250. The lowest BCUT2D eigenvalue weighted by Gasteiger charge is -1.94. The van der Waals surface area contributed by atoms with Crippen LogP contribution in [0.25, 0.3) is 11.3 Å². The molecule has 0 radical (unpaired) electrons. The molecule has 84 valence electrons. The highest BCUT2D eigenvalue weighted by Crippen LogP contribution is 2.22. The molecule has 0 amide bonds. The van der Waals surface area contributed by atoms with Crippen molar-refractivity contribution in [3.63, 3.8) is 0 Å². The first-order chi connectivity index (χ1) is 7.79. The molecule has 0 spiro atoms. The lowest BCUT2D eigenvalue weighted by atomic mass is 10.1. The molecular weight excluding hydrogens is 224 g/mol. The smallest absolute Gasteiger partial charge is 0.167 e. The minimum absolute atomic E-state index is 0.719. The molecule has 0 aliphatic rings. The fourth-order valence-electron chi connectivity index (χ4n) is 1.40. The Morgan fingerprint density at radius 3 is 2.75 bits per heavy atom. The van der Waals surface area contributed by atoms with Crippen LogP contribution in [-0.4, -0.2) is 11.7 Å². The number of benzene rings is 1. The van der Waals surface area contributed by atoms with E-state index in [0.29, 0.717) is 0 Å². The lowest BCUT2D eigenvalue weighted by Crippen LogP contribution is -2.11. The molecule has 4 heteroatoms. The van der Waals surface area contributed by atoms with Gasteiger partial charge >= 0.3 is 0 Å². The van der Waals surface area contributed by atoms with Gasteiger partial charge in [-0.15, -0.1) is 0 Å². The van der Waals surface area contributed by atoms with Crippen LogP contribution in [0, 0.1) is 0 Å². The van der Waals surface area contributed by atoms with Crippen LogP contribution in [0.4, 0.5) is 0 Å². The Morgan fingerprint density at radius 1 is 1.31 bits per heavy atom. The van der Waals surface area contributed by atoms with Gasteiger partial charge in [-0.05, 0) is 30.8 Å². The van der Waals surface area contributed by atoms with Crippen molar-refractivity contribution in [2.75, 3.05) is 6.54 Å². The second kappa shape index (κ2) is 5.14. The Balaban J connectivity index is 2.15. The van der Waals surface area contributed by atoms with Crippen molar-refractivity contribution in [1.82, 2.24) is 10.5 Å². The highest BCUT2D eigenvalue weighted by Gasteiger charge is 2.05. The molecule has 0 atom stereocenters. The van der Waals surface area contributed by atoms with Crippen molar-refractivity contribution in [3.8, 4) is 11.3 Å². The molecular formula is C12H13ClN2O. The highest BCUT2D eigenvalue weighted by molar-refractivity contribution is 6.30. The van der Waals surface area contributed by atoms with E-state index in [2.05, 4.69) is 17.4 Å². The molecule has 0 saturated heterocycles. The van der Waals surface area contributed by atoms with E-state index in [-0.39, 0.29) is 0 Å². The van der Waals surface area contributed by atoms with Gasteiger partial charge in [0.15, 0.2) is 5.76 Å². The van der Waals surface area contributed by atoms with Gasteiger partial charge in [0.05, 0.1) is 5.69 Å². The van der Waals surface area contributed by atoms with Gasteiger partial charge in [0.25, 0.3) is 0 Å². The van der Waals surface area contributed by atoms with Crippen LogP contribution in [0.5, 0.6) is 0 Å². The topological polar surface area (TPSA) is 38.1 Å². The van der Waals surface area contributed by atoms with E-state index in [1.807, 2.05) is 30.3 Å². The average Bonchev–Trinajstić information content (AvgIpc) is 2.76. The van der Waals surface area contributed by atoms with Crippen molar-refractivity contribution in [1.29, 1.82) is 0 Å². The van der Waals surface area contributed by atoms with Gasteiger partial charge in [-0.2, -0.15) is 0 Å². The van der Waals surface area contributed by atoms with Gasteiger partial charge in [-0.1, -0.05) is 23.7 Å². The third-order valence-electron chi connectivity index (χ3n) is 2.24. The normalized spacial score (nSPS) is 10.6. The van der Waals surface area contributed by atoms with E-state index < -0.39 is 0 Å². The minimum Gasteiger partial charge on any atom is -0.356 e. The second-order valence-corrected chi connectivity index (χ2v) is 3.91. The van der Waals surface area contributed by atoms with E-state index in [1.54, 1.807) is 0 Å². The lowest BCUT2D eigenvalue weighted by molar-refractivity contribution is 0.420. The summed E-state index contributed by atoms with van der Waals surface area (Å²) in [5.41, 5.74) is 1.89. The number of nitrogens with zero attached hydrogens (tertiary/aromatic N) is 1. The molecule has 1 N–H and O–H groups in total. The zero-order valence-corrected chi connectivity index (χ0v) is 9.79. The summed E-state index contributed by atoms with van der Waals surface area (Å²) in [4.78, 5) is 0. The van der Waals surface area contributed by atoms with Crippen LogP contribution in [-0.2, 0) is 6.54 Å². The van der Waals surface area contributed by atoms with Crippen LogP contribution < -0.4 is 5.32 Å². The Morgan fingerprint density at radius 2 is 2.06 bits per heavy atom. The maximum Gasteiger partial charge on any atom is 0.167 e. The molecule has 0 aliphatic heterocycles. The van der Waals surface area contributed by atoms with E-state index in [9.17, 15) is 0 Å². The highest BCUT2D eigenvalue weighted by atomic mass is 35.5. The molecule has 1 heterocycles. The van der Waals surface area contributed by atoms with Gasteiger partial charge in [-0.25, -0.2) is 0 Å². The number of hydrogen-bond acceptors (Lipinski definition) is 3. The summed E-state index contributed by atoms with van der Waals surface area (Å²) in [6, 6.07) is 9.44. The van der Waals surface area contributed by atoms with Crippen LogP contribution >= 0.6 is 11.6 Å². The maximum absolute atomic E-state index is 5.82. The zero-order chi connectivity index (χ0) is 11.4. The van der Waals surface area contributed by atoms with Gasteiger partial charge in [0.2, 0.25) is 0 Å². The van der Waals surface area contributed by atoms with Crippen molar-refractivity contribution < 1.29 is 4.52 Å². The van der Waals surface area contributed by atoms with E-state index in [4.69, 9.17) is 16.1 Å². The van der Waals surface area contributed by atoms with E-state index >= 15 is 0 Å². The molecule has 2 rings (SSSR count). The average molecular weight is 237 g/mol. The molecule has 2 aromatic rings. The standard InChI is InChI=1S/C12H13ClN2O/c1-2-14-8-11-7-12(16-15-11)9-3-5-10(13)6-4-9/h3-7,14H,2,8H2,1H3. The quantitative estimate of drug-likeness (QED) is 0.887. The summed E-state index contributed by atoms with van der Waals surface area (Å²) in [5.74, 6) is 0.768. The van der Waals surface area contributed by atoms with Crippen molar-refractivity contribution in [3.05, 3.63) is 41.0 Å². The van der Waals surface area contributed by atoms with Gasteiger partial charge < -0.3 is 9.84 Å². The summed E-state index contributed by atoms with van der Waals surface area (Å²) in [6.07, 6.45) is 0. The Hall–Kier alpha value is -1.32. The molecule has 3 nitrogen and oxygen atoms in total. The van der Waals surface area contributed by atoms with E-state index in [0.717, 1.165) is 35.1 Å². The molecule has 0 saturated carbocycles. The largest absolute Gasteiger partial charge is 0.356 e. The number of halogens is 1. The maximum atomic E-state index is 5.82. The first-order valence-corrected chi connectivity index (χ1v) is 5.59. The molecule has 0 bridgehead atoms. The second-order valence-electron chi connectivity index (χ2n) is 3.47. The van der Waals surface area contributed by atoms with Gasteiger partial charge in [-0.3, -0.25) is 0 Å². The van der Waals surface area contributed by atoms with Crippen molar-refractivity contribution in [2.24, 2.45) is 0 Å². The molecule has 0 unspecified atom stereocenters. The van der Waals surface area contributed by atoms with Crippen molar-refractivity contribution in [2.45, 2.75) is 13.5 Å². The number of hydrogen-bond donors (Lipinski definition) is 1. The number of aromatic nitrogens is 1. The SMILES string of the molecule is CCNCc1cc(-c2ccc(Cl)cc2)on1. The van der Waals surface area contributed by atoms with Crippen LogP contribution in [0.2, 0.25) is 5.02 Å². The van der Waals surface area contributed by atoms with Gasteiger partial charge in [0.1, 0.15) is 0 Å². The number of rotatable bonds is 4. The van der Waals surface area contributed by atoms with Crippen LogP contribution in [0.15, 0.2) is 34.9 Å². The Bertz CT molecular complexity index is 450. The van der Waals surface area contributed by atoms with Crippen molar-refractivity contribution >= 4 is 11.6 Å². The molecule has 0 fully saturated rings. The van der Waals surface area contributed by atoms with E-state index in [1.165, 1.54) is 0 Å². The fourth-order valence-corrected chi connectivity index (χ4v) is 1.52. The summed E-state index contributed by atoms with van der Waals surface area (Å²) in [5, 5.41) is 7.90. The molecule has 1 aromatic heterocycles. The Labute approximate surface area is 99.4 Å². The van der Waals surface area contributed by atoms with Gasteiger partial charge in [0, 0.05) is 23.2 Å². The first-order valence-electron chi connectivity index (χ1n) is 5.22. The molecule has 1 aromatic carbocycles. The van der Waals surface area contributed by atoms with Crippen LogP contribution in [0.1, 0.15) is 12.6 Å². The predicted octanol–water partition coefficient (Wildman–Crippen LogP) is 3.10. The Kier molecular flexibility index (Phi) is 3.59. The summed E-state index contributed by atoms with van der Waals surface area (Å²) in [7, 11) is 0. The third kappa shape index (κ3) is 2.62. The minimum atomic E-state index is 0.719. The third-order valence-corrected chi connectivity index (χ3v) is 2.50. The summed E-state index contributed by atoms with van der Waals surface area (Å²) < 4.78 is 5.25. The molecule has 0 aliphatic carbocycles. The summed E-state index contributed by atoms with van der Waals surface area (Å²) in [6.45, 7) is 3.71.